The SMILES string of the molecule is CCCNC(Cc1cccc(C)c1)C1CCCO1. The first-order chi connectivity index (χ1) is 8.79. The Hall–Kier alpha value is -0.860. The van der Waals surface area contributed by atoms with Crippen molar-refractivity contribution in [2.75, 3.05) is 13.2 Å². The van der Waals surface area contributed by atoms with E-state index in [-0.39, 0.29) is 0 Å². The average Bonchev–Trinajstić information content (AvgIpc) is 2.88. The summed E-state index contributed by atoms with van der Waals surface area (Å²) in [5.41, 5.74) is 2.76. The molecular weight excluding hydrogens is 222 g/mol. The van der Waals surface area contributed by atoms with Crippen molar-refractivity contribution >= 4 is 0 Å². The third kappa shape index (κ3) is 3.82. The van der Waals surface area contributed by atoms with E-state index in [1.54, 1.807) is 0 Å². The summed E-state index contributed by atoms with van der Waals surface area (Å²) < 4.78 is 5.85. The molecule has 1 fully saturated rings. The lowest BCUT2D eigenvalue weighted by molar-refractivity contribution is 0.0784. The molecule has 1 saturated heterocycles. The van der Waals surface area contributed by atoms with Crippen LogP contribution in [0.3, 0.4) is 0 Å². The van der Waals surface area contributed by atoms with Crippen molar-refractivity contribution in [2.24, 2.45) is 0 Å². The molecule has 2 nitrogen and oxygen atoms in total. The number of nitrogens with one attached hydrogen (secondary N) is 1. The van der Waals surface area contributed by atoms with E-state index in [4.69, 9.17) is 4.74 Å². The van der Waals surface area contributed by atoms with Crippen molar-refractivity contribution in [1.82, 2.24) is 5.32 Å². The van der Waals surface area contributed by atoms with E-state index in [0.717, 1.165) is 19.6 Å². The molecule has 2 heteroatoms. The van der Waals surface area contributed by atoms with Gasteiger partial charge >= 0.3 is 0 Å². The monoisotopic (exact) mass is 247 g/mol. The van der Waals surface area contributed by atoms with Gasteiger partial charge in [-0.3, -0.25) is 0 Å². The van der Waals surface area contributed by atoms with Crippen LogP contribution in [0.1, 0.15) is 37.3 Å². The Kier molecular flexibility index (Phi) is 5.21. The summed E-state index contributed by atoms with van der Waals surface area (Å²) in [6.07, 6.45) is 5.07. The molecule has 0 aliphatic carbocycles. The molecule has 2 atom stereocenters. The number of aryl methyl sites for hydroxylation is 1. The van der Waals surface area contributed by atoms with Gasteiger partial charge < -0.3 is 10.1 Å². The summed E-state index contributed by atoms with van der Waals surface area (Å²) in [6.45, 7) is 6.38. The molecule has 2 rings (SSSR count). The fourth-order valence-corrected chi connectivity index (χ4v) is 2.68. The third-order valence-electron chi connectivity index (χ3n) is 3.61. The standard InChI is InChI=1S/C16H25NO/c1-3-9-17-15(16-8-5-10-18-16)12-14-7-4-6-13(2)11-14/h4,6-7,11,15-17H,3,5,8-10,12H2,1-2H3. The van der Waals surface area contributed by atoms with Crippen molar-refractivity contribution in [3.05, 3.63) is 35.4 Å². The smallest absolute Gasteiger partial charge is 0.0732 e. The first kappa shape index (κ1) is 13.6. The van der Waals surface area contributed by atoms with Gasteiger partial charge in [0.2, 0.25) is 0 Å². The van der Waals surface area contributed by atoms with Crippen LogP contribution in [-0.2, 0) is 11.2 Å². The highest BCUT2D eigenvalue weighted by Gasteiger charge is 2.25. The van der Waals surface area contributed by atoms with Crippen LogP contribution >= 0.6 is 0 Å². The van der Waals surface area contributed by atoms with Gasteiger partial charge in [-0.05, 0) is 44.7 Å². The van der Waals surface area contributed by atoms with E-state index in [2.05, 4.69) is 43.4 Å². The number of hydrogen-bond donors (Lipinski definition) is 1. The topological polar surface area (TPSA) is 21.3 Å². The fraction of sp³-hybridized carbons (Fsp3) is 0.625. The molecule has 1 aliphatic rings. The Bertz CT molecular complexity index is 358. The van der Waals surface area contributed by atoms with Crippen LogP contribution < -0.4 is 5.32 Å². The predicted octanol–water partition coefficient (Wildman–Crippen LogP) is 3.08. The van der Waals surface area contributed by atoms with Crippen LogP contribution in [0.4, 0.5) is 0 Å². The summed E-state index contributed by atoms with van der Waals surface area (Å²) in [7, 11) is 0. The Balaban J connectivity index is 1.99. The second-order valence-electron chi connectivity index (χ2n) is 5.31. The molecule has 1 aromatic carbocycles. The van der Waals surface area contributed by atoms with E-state index in [9.17, 15) is 0 Å². The highest BCUT2D eigenvalue weighted by Crippen LogP contribution is 2.19. The minimum absolute atomic E-state index is 0.400. The normalized spacial score (nSPS) is 21.1. The maximum atomic E-state index is 5.85. The van der Waals surface area contributed by atoms with E-state index in [1.807, 2.05) is 0 Å². The van der Waals surface area contributed by atoms with Gasteiger partial charge in [-0.2, -0.15) is 0 Å². The number of benzene rings is 1. The summed E-state index contributed by atoms with van der Waals surface area (Å²) in [5, 5.41) is 3.65. The molecule has 0 radical (unpaired) electrons. The molecule has 18 heavy (non-hydrogen) atoms. The van der Waals surface area contributed by atoms with E-state index in [0.29, 0.717) is 12.1 Å². The van der Waals surface area contributed by atoms with E-state index >= 15 is 0 Å². The second kappa shape index (κ2) is 6.91. The number of hydrogen-bond acceptors (Lipinski definition) is 2. The quantitative estimate of drug-likeness (QED) is 0.834. The number of rotatable bonds is 6. The molecule has 0 spiro atoms. The van der Waals surface area contributed by atoms with Crippen LogP contribution in [0.5, 0.6) is 0 Å². The lowest BCUT2D eigenvalue weighted by Gasteiger charge is -2.24. The molecule has 1 aromatic rings. The maximum Gasteiger partial charge on any atom is 0.0732 e. The minimum Gasteiger partial charge on any atom is -0.377 e. The molecule has 2 unspecified atom stereocenters. The van der Waals surface area contributed by atoms with Gasteiger partial charge in [-0.15, -0.1) is 0 Å². The zero-order valence-corrected chi connectivity index (χ0v) is 11.6. The summed E-state index contributed by atoms with van der Waals surface area (Å²) in [4.78, 5) is 0. The summed E-state index contributed by atoms with van der Waals surface area (Å²) in [6, 6.07) is 9.29. The molecule has 1 aliphatic heterocycles. The Labute approximate surface area is 111 Å². The summed E-state index contributed by atoms with van der Waals surface area (Å²) in [5.74, 6) is 0. The average molecular weight is 247 g/mol. The van der Waals surface area contributed by atoms with Crippen LogP contribution in [0.25, 0.3) is 0 Å². The molecule has 1 N–H and O–H groups in total. The van der Waals surface area contributed by atoms with Gasteiger partial charge in [0.1, 0.15) is 0 Å². The van der Waals surface area contributed by atoms with Crippen LogP contribution in [0.2, 0.25) is 0 Å². The van der Waals surface area contributed by atoms with Crippen molar-refractivity contribution in [2.45, 2.75) is 51.7 Å². The molecule has 100 valence electrons. The molecule has 0 saturated carbocycles. The number of ether oxygens (including phenoxy) is 1. The van der Waals surface area contributed by atoms with E-state index in [1.165, 1.54) is 30.4 Å². The second-order valence-corrected chi connectivity index (χ2v) is 5.31. The first-order valence-corrected chi connectivity index (χ1v) is 7.20. The van der Waals surface area contributed by atoms with Crippen molar-refractivity contribution in [3.63, 3.8) is 0 Å². The Morgan fingerprint density at radius 1 is 1.44 bits per heavy atom. The fourth-order valence-electron chi connectivity index (χ4n) is 2.68. The highest BCUT2D eigenvalue weighted by molar-refractivity contribution is 5.23. The molecule has 1 heterocycles. The third-order valence-corrected chi connectivity index (χ3v) is 3.61. The van der Waals surface area contributed by atoms with Gasteiger partial charge in [0.15, 0.2) is 0 Å². The zero-order chi connectivity index (χ0) is 12.8. The van der Waals surface area contributed by atoms with E-state index < -0.39 is 0 Å². The van der Waals surface area contributed by atoms with Gasteiger partial charge in [0.25, 0.3) is 0 Å². The lowest BCUT2D eigenvalue weighted by atomic mass is 9.98. The largest absolute Gasteiger partial charge is 0.377 e. The lowest BCUT2D eigenvalue weighted by Crippen LogP contribution is -2.41. The minimum atomic E-state index is 0.400. The van der Waals surface area contributed by atoms with Gasteiger partial charge in [-0.1, -0.05) is 36.8 Å². The van der Waals surface area contributed by atoms with Crippen LogP contribution in [0.15, 0.2) is 24.3 Å². The van der Waals surface area contributed by atoms with Gasteiger partial charge in [-0.25, -0.2) is 0 Å². The molecule has 0 aromatic heterocycles. The van der Waals surface area contributed by atoms with Crippen LogP contribution in [-0.4, -0.2) is 25.3 Å². The molecule has 0 amide bonds. The maximum absolute atomic E-state index is 5.85. The van der Waals surface area contributed by atoms with Crippen molar-refractivity contribution in [1.29, 1.82) is 0 Å². The van der Waals surface area contributed by atoms with Crippen molar-refractivity contribution in [3.8, 4) is 0 Å². The molecule has 0 bridgehead atoms. The highest BCUT2D eigenvalue weighted by atomic mass is 16.5. The van der Waals surface area contributed by atoms with Gasteiger partial charge in [0.05, 0.1) is 6.10 Å². The van der Waals surface area contributed by atoms with Crippen LogP contribution in [0, 0.1) is 6.92 Å². The first-order valence-electron chi connectivity index (χ1n) is 7.20. The molecular formula is C16H25NO. The Morgan fingerprint density at radius 2 is 2.33 bits per heavy atom. The van der Waals surface area contributed by atoms with Crippen molar-refractivity contribution < 1.29 is 4.74 Å². The zero-order valence-electron chi connectivity index (χ0n) is 11.6. The van der Waals surface area contributed by atoms with Gasteiger partial charge in [0, 0.05) is 12.6 Å². The Morgan fingerprint density at radius 3 is 3.00 bits per heavy atom. The predicted molar refractivity (Wildman–Crippen MR) is 75.9 cm³/mol. The summed E-state index contributed by atoms with van der Waals surface area (Å²) >= 11 is 0.